The molecule has 0 atom stereocenters. The Morgan fingerprint density at radius 2 is 1.76 bits per heavy atom. The number of hydrogen-bond acceptors (Lipinski definition) is 8. The molecule has 45 heavy (non-hydrogen) atoms. The van der Waals surface area contributed by atoms with Gasteiger partial charge in [0.1, 0.15) is 29.4 Å². The number of piperazine rings is 1. The monoisotopic (exact) mass is 652 g/mol. The van der Waals surface area contributed by atoms with Gasteiger partial charge in [-0.05, 0) is 76.9 Å². The van der Waals surface area contributed by atoms with Crippen LogP contribution in [0.15, 0.2) is 48.8 Å². The first-order valence-corrected chi connectivity index (χ1v) is 16.0. The number of imidazole rings is 1. The van der Waals surface area contributed by atoms with Gasteiger partial charge in [-0.2, -0.15) is 0 Å². The predicted molar refractivity (Wildman–Crippen MR) is 174 cm³/mol. The van der Waals surface area contributed by atoms with Gasteiger partial charge in [0.25, 0.3) is 0 Å². The lowest BCUT2D eigenvalue weighted by Crippen LogP contribution is -2.50. The van der Waals surface area contributed by atoms with Crippen LogP contribution in [0, 0.1) is 0 Å². The topological polar surface area (TPSA) is 94.8 Å². The molecule has 12 heteroatoms. The zero-order valence-corrected chi connectivity index (χ0v) is 27.6. The van der Waals surface area contributed by atoms with Gasteiger partial charge in [0.05, 0.1) is 22.8 Å². The fraction of sp³-hybridized carbons (Fsp3) is 0.455. The van der Waals surface area contributed by atoms with E-state index >= 15 is 0 Å². The largest absolute Gasteiger partial charge is 0.492 e. The van der Waals surface area contributed by atoms with E-state index in [9.17, 15) is 4.79 Å². The van der Waals surface area contributed by atoms with E-state index in [1.54, 1.807) is 23.4 Å². The number of benzene rings is 1. The molecular formula is C33H38Cl2N6O4. The molecule has 238 valence electrons. The maximum absolute atomic E-state index is 12.4. The average Bonchev–Trinajstić information content (AvgIpc) is 3.60. The average molecular weight is 654 g/mol. The molecule has 1 saturated carbocycles. The van der Waals surface area contributed by atoms with Crippen molar-refractivity contribution in [1.82, 2.24) is 29.3 Å². The third kappa shape index (κ3) is 7.62. The first kappa shape index (κ1) is 31.4. The van der Waals surface area contributed by atoms with E-state index in [4.69, 9.17) is 42.4 Å². The number of carbonyl (C=O) groups excluding carboxylic acids is 1. The maximum Gasteiger partial charge on any atom is 0.410 e. The standard InChI is InChI=1S/C33H38Cl2N6O4/c1-32(2,3)45-31(42)40-15-13-39(14-16-40)17-18-43-24-5-6-25(26(35)20-24)29-38-28-27(8-12-37-30(28)44-33(4)9-10-33)41(29)21-23-19-22(34)7-11-36-23/h5-8,11-12,19-20H,9-10,13-18,21H2,1-4H3. The highest BCUT2D eigenvalue weighted by atomic mass is 35.5. The van der Waals surface area contributed by atoms with Crippen molar-refractivity contribution >= 4 is 40.3 Å². The molecule has 2 fully saturated rings. The van der Waals surface area contributed by atoms with Gasteiger partial charge in [0.15, 0.2) is 5.52 Å². The lowest BCUT2D eigenvalue weighted by atomic mass is 10.2. The molecule has 0 spiro atoms. The quantitative estimate of drug-likeness (QED) is 0.197. The SMILES string of the molecule is CC(C)(C)OC(=O)N1CCN(CCOc2ccc(-c3nc4c(OC5(C)CC5)nccc4n3Cc3cc(Cl)ccn3)c(Cl)c2)CC1. The van der Waals surface area contributed by atoms with Crippen molar-refractivity contribution in [3.05, 3.63) is 64.5 Å². The highest BCUT2D eigenvalue weighted by Gasteiger charge is 2.41. The van der Waals surface area contributed by atoms with Crippen LogP contribution in [0.5, 0.6) is 11.6 Å². The predicted octanol–water partition coefficient (Wildman–Crippen LogP) is 6.71. The number of aromatic nitrogens is 4. The van der Waals surface area contributed by atoms with Crippen molar-refractivity contribution < 1.29 is 19.0 Å². The minimum atomic E-state index is -0.498. The third-order valence-corrected chi connectivity index (χ3v) is 8.46. The van der Waals surface area contributed by atoms with Crippen LogP contribution >= 0.6 is 23.2 Å². The van der Waals surface area contributed by atoms with Crippen LogP contribution in [0.25, 0.3) is 22.4 Å². The van der Waals surface area contributed by atoms with Crippen molar-refractivity contribution in [2.24, 2.45) is 0 Å². The highest BCUT2D eigenvalue weighted by Crippen LogP contribution is 2.42. The number of halogens is 2. The summed E-state index contributed by atoms with van der Waals surface area (Å²) in [7, 11) is 0. The molecule has 1 amide bonds. The zero-order chi connectivity index (χ0) is 31.8. The van der Waals surface area contributed by atoms with Crippen molar-refractivity contribution in [3.63, 3.8) is 0 Å². The fourth-order valence-corrected chi connectivity index (χ4v) is 5.65. The Hall–Kier alpha value is -3.60. The van der Waals surface area contributed by atoms with E-state index in [0.717, 1.165) is 49.2 Å². The van der Waals surface area contributed by atoms with Gasteiger partial charge in [-0.3, -0.25) is 9.88 Å². The molecule has 4 aromatic rings. The lowest BCUT2D eigenvalue weighted by molar-refractivity contribution is 0.0137. The van der Waals surface area contributed by atoms with Crippen LogP contribution in [0.3, 0.4) is 0 Å². The zero-order valence-electron chi connectivity index (χ0n) is 26.1. The Kier molecular flexibility index (Phi) is 8.83. The molecule has 0 bridgehead atoms. The highest BCUT2D eigenvalue weighted by molar-refractivity contribution is 6.33. The number of amides is 1. The van der Waals surface area contributed by atoms with Crippen LogP contribution in [0.4, 0.5) is 4.79 Å². The summed E-state index contributed by atoms with van der Waals surface area (Å²) >= 11 is 13.2. The summed E-state index contributed by atoms with van der Waals surface area (Å²) in [4.78, 5) is 30.4. The summed E-state index contributed by atoms with van der Waals surface area (Å²) in [6, 6.07) is 11.2. The van der Waals surface area contributed by atoms with Crippen LogP contribution in [-0.4, -0.2) is 85.9 Å². The Bertz CT molecular complexity index is 1690. The van der Waals surface area contributed by atoms with Crippen molar-refractivity contribution in [1.29, 1.82) is 0 Å². The van der Waals surface area contributed by atoms with Gasteiger partial charge in [-0.15, -0.1) is 0 Å². The second-order valence-corrected chi connectivity index (χ2v) is 13.7. The van der Waals surface area contributed by atoms with Gasteiger partial charge < -0.3 is 23.7 Å². The first-order valence-electron chi connectivity index (χ1n) is 15.2. The summed E-state index contributed by atoms with van der Waals surface area (Å²) in [5, 5.41) is 1.13. The van der Waals surface area contributed by atoms with E-state index in [1.165, 1.54) is 0 Å². The maximum atomic E-state index is 12.4. The summed E-state index contributed by atoms with van der Waals surface area (Å²) in [5.74, 6) is 1.85. The molecule has 0 unspecified atom stereocenters. The van der Waals surface area contributed by atoms with E-state index in [1.807, 2.05) is 51.1 Å². The van der Waals surface area contributed by atoms with Crippen LogP contribution in [0.1, 0.15) is 46.2 Å². The Labute approximate surface area is 273 Å². The van der Waals surface area contributed by atoms with Gasteiger partial charge in [-0.1, -0.05) is 23.2 Å². The molecule has 1 saturated heterocycles. The van der Waals surface area contributed by atoms with Gasteiger partial charge >= 0.3 is 6.09 Å². The van der Waals surface area contributed by atoms with Crippen molar-refractivity contribution in [2.45, 2.75) is 58.3 Å². The number of carbonyl (C=O) groups is 1. The number of hydrogen-bond donors (Lipinski definition) is 0. The smallest absolute Gasteiger partial charge is 0.410 e. The Balaban J connectivity index is 1.16. The molecule has 10 nitrogen and oxygen atoms in total. The molecule has 2 aliphatic rings. The second-order valence-electron chi connectivity index (χ2n) is 12.8. The number of ether oxygens (including phenoxy) is 3. The number of nitrogens with zero attached hydrogens (tertiary/aromatic N) is 6. The Morgan fingerprint density at radius 1 is 1.00 bits per heavy atom. The first-order chi connectivity index (χ1) is 21.5. The van der Waals surface area contributed by atoms with Crippen LogP contribution < -0.4 is 9.47 Å². The molecule has 0 radical (unpaired) electrons. The molecule has 3 aromatic heterocycles. The van der Waals surface area contributed by atoms with Gasteiger partial charge in [0.2, 0.25) is 5.88 Å². The lowest BCUT2D eigenvalue weighted by Gasteiger charge is -2.35. The second kappa shape index (κ2) is 12.7. The van der Waals surface area contributed by atoms with E-state index in [0.29, 0.717) is 59.3 Å². The van der Waals surface area contributed by atoms with Gasteiger partial charge in [-0.25, -0.2) is 14.8 Å². The molecule has 1 aromatic carbocycles. The molecule has 0 N–H and O–H groups in total. The van der Waals surface area contributed by atoms with Crippen LogP contribution in [-0.2, 0) is 11.3 Å². The summed E-state index contributed by atoms with van der Waals surface area (Å²) in [6.45, 7) is 12.2. The minimum Gasteiger partial charge on any atom is -0.492 e. The van der Waals surface area contributed by atoms with Crippen molar-refractivity contribution in [3.8, 4) is 23.0 Å². The van der Waals surface area contributed by atoms with Crippen molar-refractivity contribution in [2.75, 3.05) is 39.3 Å². The molecule has 6 rings (SSSR count). The molecule has 1 aliphatic carbocycles. The molecular weight excluding hydrogens is 615 g/mol. The third-order valence-electron chi connectivity index (χ3n) is 7.91. The number of rotatable bonds is 9. The summed E-state index contributed by atoms with van der Waals surface area (Å²) < 4.78 is 19.9. The Morgan fingerprint density at radius 3 is 2.44 bits per heavy atom. The summed E-state index contributed by atoms with van der Waals surface area (Å²) in [6.07, 6.45) is 5.15. The minimum absolute atomic E-state index is 0.206. The molecule has 1 aliphatic heterocycles. The number of pyridine rings is 2. The molecule has 4 heterocycles. The normalized spacial score (nSPS) is 16.5. The van der Waals surface area contributed by atoms with Gasteiger partial charge in [0, 0.05) is 55.7 Å². The van der Waals surface area contributed by atoms with E-state index in [2.05, 4.69) is 26.4 Å². The number of fused-ring (bicyclic) bond motifs is 1. The van der Waals surface area contributed by atoms with E-state index < -0.39 is 5.60 Å². The fourth-order valence-electron chi connectivity index (χ4n) is 5.22. The summed E-state index contributed by atoms with van der Waals surface area (Å²) in [5.41, 5.74) is 2.38. The van der Waals surface area contributed by atoms with E-state index in [-0.39, 0.29) is 11.7 Å². The van der Waals surface area contributed by atoms with Crippen LogP contribution in [0.2, 0.25) is 10.0 Å².